The normalized spacial score (nSPS) is 19.8. The lowest BCUT2D eigenvalue weighted by Gasteiger charge is -2.25. The summed E-state index contributed by atoms with van der Waals surface area (Å²) in [5, 5.41) is 2.92. The van der Waals surface area contributed by atoms with Crippen LogP contribution in [-0.2, 0) is 8.92 Å². The van der Waals surface area contributed by atoms with Crippen LogP contribution >= 0.6 is 30.4 Å². The maximum Gasteiger partial charge on any atom is 0.407 e. The van der Waals surface area contributed by atoms with Crippen molar-refractivity contribution in [1.29, 1.82) is 0 Å². The fourth-order valence-corrected chi connectivity index (χ4v) is 2.61. The topological polar surface area (TPSA) is 47.6 Å². The Balaban J connectivity index is 2.27. The number of hydrogen-bond donors (Lipinski definition) is 1. The average Bonchev–Trinajstić information content (AvgIpc) is 2.29. The predicted molar refractivity (Wildman–Crippen MR) is 87.3 cm³/mol. The van der Waals surface area contributed by atoms with Crippen molar-refractivity contribution in [2.75, 3.05) is 6.61 Å². The molecule has 0 aliphatic heterocycles. The molecular weight excluding hydrogens is 377 g/mol. The van der Waals surface area contributed by atoms with Crippen LogP contribution in [0, 0.1) is 0 Å². The molecular formula is C13H22INO3S. The Morgan fingerprint density at radius 2 is 2.32 bits per heavy atom. The minimum Gasteiger partial charge on any atom is -0.444 e. The predicted octanol–water partition coefficient (Wildman–Crippen LogP) is 4.39. The van der Waals surface area contributed by atoms with Crippen molar-refractivity contribution in [2.24, 2.45) is 0 Å². The summed E-state index contributed by atoms with van der Waals surface area (Å²) in [4.78, 5) is 11.6. The fourth-order valence-electron chi connectivity index (χ4n) is 1.93. The van der Waals surface area contributed by atoms with Crippen molar-refractivity contribution in [3.05, 3.63) is 11.6 Å². The molecule has 1 unspecified atom stereocenters. The van der Waals surface area contributed by atoms with Crippen LogP contribution < -0.4 is 5.32 Å². The van der Waals surface area contributed by atoms with Crippen LogP contribution in [0.4, 0.5) is 4.79 Å². The van der Waals surface area contributed by atoms with Gasteiger partial charge in [0.1, 0.15) is 5.60 Å². The molecule has 6 heteroatoms. The maximum atomic E-state index is 11.6. The molecule has 0 aromatic carbocycles. The fraction of sp³-hybridized carbons (Fsp3) is 0.769. The Labute approximate surface area is 131 Å². The Kier molecular flexibility index (Phi) is 7.53. The molecule has 0 radical (unpaired) electrons. The lowest BCUT2D eigenvalue weighted by atomic mass is 9.94. The molecule has 1 N–H and O–H groups in total. The van der Waals surface area contributed by atoms with Crippen LogP contribution in [0.25, 0.3) is 0 Å². The summed E-state index contributed by atoms with van der Waals surface area (Å²) in [7, 11) is 1.37. The molecule has 4 nitrogen and oxygen atoms in total. The van der Waals surface area contributed by atoms with Gasteiger partial charge < -0.3 is 14.2 Å². The molecule has 1 amide bonds. The third kappa shape index (κ3) is 8.04. The van der Waals surface area contributed by atoms with E-state index < -0.39 is 5.60 Å². The van der Waals surface area contributed by atoms with Crippen LogP contribution in [0.3, 0.4) is 0 Å². The highest BCUT2D eigenvalue weighted by Gasteiger charge is 2.20. The zero-order valence-corrected chi connectivity index (χ0v) is 14.7. The molecule has 0 saturated carbocycles. The van der Waals surface area contributed by atoms with E-state index in [0.717, 1.165) is 32.3 Å². The van der Waals surface area contributed by atoms with E-state index in [2.05, 4.69) is 32.6 Å². The lowest BCUT2D eigenvalue weighted by Crippen LogP contribution is -2.39. The van der Waals surface area contributed by atoms with Crippen molar-refractivity contribution in [1.82, 2.24) is 5.32 Å². The molecule has 1 aliphatic carbocycles. The van der Waals surface area contributed by atoms with E-state index in [1.165, 1.54) is 14.8 Å². The summed E-state index contributed by atoms with van der Waals surface area (Å²) in [5.74, 6) is 0. The molecule has 0 aromatic heterocycles. The summed E-state index contributed by atoms with van der Waals surface area (Å²) < 4.78 is 10.5. The molecule has 1 rings (SSSR count). The number of amides is 1. The minimum atomic E-state index is -0.436. The van der Waals surface area contributed by atoms with E-state index in [1.54, 1.807) is 0 Å². The van der Waals surface area contributed by atoms with Crippen molar-refractivity contribution in [3.8, 4) is 0 Å². The van der Waals surface area contributed by atoms with Crippen LogP contribution in [-0.4, -0.2) is 24.3 Å². The highest BCUT2D eigenvalue weighted by molar-refractivity contribution is 14.2. The Hall–Kier alpha value is 0.0500. The average molecular weight is 399 g/mol. The van der Waals surface area contributed by atoms with Crippen molar-refractivity contribution < 1.29 is 13.7 Å². The number of nitrogens with one attached hydrogen (secondary N) is 1. The highest BCUT2D eigenvalue weighted by Crippen LogP contribution is 2.22. The minimum absolute atomic E-state index is 0.193. The van der Waals surface area contributed by atoms with E-state index in [0.29, 0.717) is 0 Å². The number of carbonyl (C=O) groups is 1. The molecule has 0 spiro atoms. The molecule has 0 aromatic rings. The van der Waals surface area contributed by atoms with E-state index in [1.807, 2.05) is 20.8 Å². The zero-order valence-electron chi connectivity index (χ0n) is 11.7. The highest BCUT2D eigenvalue weighted by atomic mass is 127. The van der Waals surface area contributed by atoms with Gasteiger partial charge in [-0.3, -0.25) is 0 Å². The molecule has 19 heavy (non-hydrogen) atoms. The monoisotopic (exact) mass is 399 g/mol. The number of alkyl carbamates (subject to hydrolysis) is 1. The smallest absolute Gasteiger partial charge is 0.407 e. The quantitative estimate of drug-likeness (QED) is 0.322. The van der Waals surface area contributed by atoms with Gasteiger partial charge in [0.05, 0.1) is 15.8 Å². The second kappa shape index (κ2) is 8.36. The van der Waals surface area contributed by atoms with E-state index in [-0.39, 0.29) is 12.1 Å². The zero-order chi connectivity index (χ0) is 14.3. The van der Waals surface area contributed by atoms with Gasteiger partial charge in [-0.15, -0.1) is 0 Å². The Morgan fingerprint density at radius 1 is 1.58 bits per heavy atom. The third-order valence-electron chi connectivity index (χ3n) is 2.78. The first kappa shape index (κ1) is 17.1. The Morgan fingerprint density at radius 3 is 2.84 bits per heavy atom. The SMILES string of the molecule is CC(C)(C)OC(=O)NC1CC=C(CCOSI)CC1. The van der Waals surface area contributed by atoms with Crippen LogP contribution in [0.2, 0.25) is 0 Å². The van der Waals surface area contributed by atoms with Crippen LogP contribution in [0.5, 0.6) is 0 Å². The first-order chi connectivity index (χ1) is 8.90. The van der Waals surface area contributed by atoms with E-state index in [4.69, 9.17) is 8.92 Å². The molecule has 0 heterocycles. The summed E-state index contributed by atoms with van der Waals surface area (Å²) >= 11 is 2.12. The number of rotatable bonds is 5. The molecule has 0 saturated heterocycles. The van der Waals surface area contributed by atoms with Gasteiger partial charge in [0, 0.05) is 27.2 Å². The van der Waals surface area contributed by atoms with Gasteiger partial charge in [-0.25, -0.2) is 4.79 Å². The lowest BCUT2D eigenvalue weighted by molar-refractivity contribution is 0.0501. The molecule has 110 valence electrons. The second-order valence-corrected chi connectivity index (χ2v) is 7.06. The van der Waals surface area contributed by atoms with Crippen molar-refractivity contribution in [2.45, 2.75) is 58.1 Å². The van der Waals surface area contributed by atoms with Gasteiger partial charge in [0.2, 0.25) is 0 Å². The molecule has 1 atom stereocenters. The molecule has 0 fully saturated rings. The summed E-state index contributed by atoms with van der Waals surface area (Å²) in [6.07, 6.45) is 5.76. The summed E-state index contributed by atoms with van der Waals surface area (Å²) in [5.41, 5.74) is 0.987. The van der Waals surface area contributed by atoms with Gasteiger partial charge in [-0.1, -0.05) is 11.6 Å². The summed E-state index contributed by atoms with van der Waals surface area (Å²) in [6, 6.07) is 0.193. The summed E-state index contributed by atoms with van der Waals surface area (Å²) in [6.45, 7) is 6.37. The first-order valence-electron chi connectivity index (χ1n) is 6.48. The first-order valence-corrected chi connectivity index (χ1v) is 9.77. The van der Waals surface area contributed by atoms with Gasteiger partial charge in [-0.05, 0) is 46.5 Å². The number of halogens is 1. The van der Waals surface area contributed by atoms with Gasteiger partial charge >= 0.3 is 6.09 Å². The van der Waals surface area contributed by atoms with Crippen LogP contribution in [0.1, 0.15) is 46.5 Å². The second-order valence-electron chi connectivity index (χ2n) is 5.61. The largest absolute Gasteiger partial charge is 0.444 e. The Bertz CT molecular complexity index is 328. The third-order valence-corrected chi connectivity index (χ3v) is 3.80. The van der Waals surface area contributed by atoms with Crippen molar-refractivity contribution in [3.63, 3.8) is 0 Å². The number of carbonyl (C=O) groups excluding carboxylic acids is 1. The van der Waals surface area contributed by atoms with E-state index in [9.17, 15) is 4.79 Å². The molecule has 0 bridgehead atoms. The van der Waals surface area contributed by atoms with Gasteiger partial charge in [-0.2, -0.15) is 0 Å². The number of hydrogen-bond acceptors (Lipinski definition) is 4. The van der Waals surface area contributed by atoms with Crippen molar-refractivity contribution >= 4 is 36.5 Å². The van der Waals surface area contributed by atoms with Crippen LogP contribution in [0.15, 0.2) is 11.6 Å². The number of ether oxygens (including phenoxy) is 1. The van der Waals surface area contributed by atoms with Gasteiger partial charge in [0.15, 0.2) is 0 Å². The standard InChI is InChI=1S/C13H22INO3S/c1-13(2,3)18-12(16)15-11-6-4-10(5-7-11)8-9-17-19-14/h4,11H,5-9H2,1-3H3,(H,15,16). The van der Waals surface area contributed by atoms with E-state index >= 15 is 0 Å². The molecule has 1 aliphatic rings. The maximum absolute atomic E-state index is 11.6. The van der Waals surface area contributed by atoms with Gasteiger partial charge in [0.25, 0.3) is 0 Å².